The Morgan fingerprint density at radius 1 is 1.67 bits per heavy atom. The zero-order valence-corrected chi connectivity index (χ0v) is 5.63. The molecule has 0 heterocycles. The van der Waals surface area contributed by atoms with E-state index in [1.807, 2.05) is 5.48 Å². The van der Waals surface area contributed by atoms with Crippen molar-refractivity contribution in [2.75, 3.05) is 6.61 Å². The van der Waals surface area contributed by atoms with Crippen molar-refractivity contribution in [2.24, 2.45) is 0 Å². The predicted octanol–water partition coefficient (Wildman–Crippen LogP) is -0.903. The van der Waals surface area contributed by atoms with Crippen molar-refractivity contribution in [3.8, 4) is 0 Å². The van der Waals surface area contributed by atoms with E-state index in [1.54, 1.807) is 0 Å². The van der Waals surface area contributed by atoms with Gasteiger partial charge in [0.2, 0.25) is 0 Å². The van der Waals surface area contributed by atoms with Gasteiger partial charge < -0.3 is 15.4 Å². The Labute approximate surface area is 54.1 Å². The van der Waals surface area contributed by atoms with E-state index in [4.69, 9.17) is 15.4 Å². The number of aliphatic hydroxyl groups is 2. The van der Waals surface area contributed by atoms with Crippen molar-refractivity contribution in [2.45, 2.75) is 25.5 Å². The smallest absolute Gasteiger partial charge is 0.0886 e. The Balaban J connectivity index is 3.92. The van der Waals surface area contributed by atoms with Crippen LogP contribution in [0.4, 0.5) is 0 Å². The standard InChI is InChI=1S/C5H13NO3/c1-4(8)5(2,3-7)6-9/h4,6-9H,3H2,1-2H3. The first kappa shape index (κ1) is 8.84. The van der Waals surface area contributed by atoms with Gasteiger partial charge in [-0.2, -0.15) is 5.48 Å². The molecule has 0 aliphatic heterocycles. The molecule has 4 nitrogen and oxygen atoms in total. The SMILES string of the molecule is CC(O)C(C)(CO)NO. The summed E-state index contributed by atoms with van der Waals surface area (Å²) in [5, 5.41) is 25.8. The maximum atomic E-state index is 8.89. The summed E-state index contributed by atoms with van der Waals surface area (Å²) in [6.45, 7) is 2.69. The van der Waals surface area contributed by atoms with Crippen LogP contribution in [-0.4, -0.2) is 33.7 Å². The molecule has 9 heavy (non-hydrogen) atoms. The second-order valence-electron chi connectivity index (χ2n) is 2.36. The van der Waals surface area contributed by atoms with Gasteiger partial charge in [0.1, 0.15) is 0 Å². The van der Waals surface area contributed by atoms with E-state index < -0.39 is 11.6 Å². The van der Waals surface area contributed by atoms with Crippen molar-refractivity contribution >= 4 is 0 Å². The number of nitrogens with one attached hydrogen (secondary N) is 1. The Hall–Kier alpha value is -0.160. The van der Waals surface area contributed by atoms with E-state index in [9.17, 15) is 0 Å². The second kappa shape index (κ2) is 3.12. The van der Waals surface area contributed by atoms with Gasteiger partial charge in [-0.15, -0.1) is 0 Å². The molecule has 0 aromatic carbocycles. The van der Waals surface area contributed by atoms with E-state index in [-0.39, 0.29) is 6.61 Å². The molecule has 0 aromatic rings. The van der Waals surface area contributed by atoms with Gasteiger partial charge in [0.15, 0.2) is 0 Å². The molecule has 0 radical (unpaired) electrons. The van der Waals surface area contributed by atoms with Crippen LogP contribution in [0.25, 0.3) is 0 Å². The molecule has 2 unspecified atom stereocenters. The lowest BCUT2D eigenvalue weighted by molar-refractivity contribution is -0.0390. The molecular formula is C5H13NO3. The van der Waals surface area contributed by atoms with Crippen LogP contribution in [0.5, 0.6) is 0 Å². The first-order chi connectivity index (χ1) is 4.06. The van der Waals surface area contributed by atoms with Crippen LogP contribution in [0.15, 0.2) is 0 Å². The summed E-state index contributed by atoms with van der Waals surface area (Å²) in [7, 11) is 0. The van der Waals surface area contributed by atoms with Crippen LogP contribution >= 0.6 is 0 Å². The molecule has 0 saturated carbocycles. The Bertz CT molecular complexity index is 80.3. The molecule has 0 amide bonds. The van der Waals surface area contributed by atoms with Gasteiger partial charge in [-0.1, -0.05) is 0 Å². The zero-order chi connectivity index (χ0) is 7.49. The van der Waals surface area contributed by atoms with E-state index in [2.05, 4.69) is 0 Å². The van der Waals surface area contributed by atoms with Crippen LogP contribution in [0, 0.1) is 0 Å². The molecule has 0 bridgehead atoms. The third-order valence-electron chi connectivity index (χ3n) is 1.51. The molecule has 4 heteroatoms. The van der Waals surface area contributed by atoms with Gasteiger partial charge >= 0.3 is 0 Å². The number of hydroxylamine groups is 1. The Kier molecular flexibility index (Phi) is 3.07. The highest BCUT2D eigenvalue weighted by Crippen LogP contribution is 2.06. The van der Waals surface area contributed by atoms with Crippen molar-refractivity contribution in [1.29, 1.82) is 0 Å². The van der Waals surface area contributed by atoms with Crippen LogP contribution in [0.2, 0.25) is 0 Å². The molecule has 0 spiro atoms. The van der Waals surface area contributed by atoms with Gasteiger partial charge in [0, 0.05) is 0 Å². The fourth-order valence-corrected chi connectivity index (χ4v) is 0.261. The number of hydrogen-bond donors (Lipinski definition) is 4. The average molecular weight is 135 g/mol. The highest BCUT2D eigenvalue weighted by Gasteiger charge is 2.27. The van der Waals surface area contributed by atoms with Gasteiger partial charge in [0.05, 0.1) is 18.2 Å². The van der Waals surface area contributed by atoms with Crippen LogP contribution in [-0.2, 0) is 0 Å². The van der Waals surface area contributed by atoms with E-state index in [0.29, 0.717) is 0 Å². The minimum atomic E-state index is -1.00. The largest absolute Gasteiger partial charge is 0.394 e. The summed E-state index contributed by atoms with van der Waals surface area (Å²) in [6.07, 6.45) is -0.785. The third kappa shape index (κ3) is 1.91. The van der Waals surface area contributed by atoms with Gasteiger partial charge in [-0.05, 0) is 13.8 Å². The molecule has 0 rings (SSSR count). The molecule has 0 fully saturated rings. The molecule has 0 aliphatic rings. The van der Waals surface area contributed by atoms with Crippen LogP contribution < -0.4 is 5.48 Å². The highest BCUT2D eigenvalue weighted by molar-refractivity contribution is 4.83. The maximum Gasteiger partial charge on any atom is 0.0886 e. The lowest BCUT2D eigenvalue weighted by Gasteiger charge is -2.27. The summed E-state index contributed by atoms with van der Waals surface area (Å²) in [5.74, 6) is 0. The Morgan fingerprint density at radius 3 is 2.11 bits per heavy atom. The number of hydrogen-bond acceptors (Lipinski definition) is 4. The third-order valence-corrected chi connectivity index (χ3v) is 1.51. The summed E-state index contributed by atoms with van der Waals surface area (Å²) < 4.78 is 0. The molecular weight excluding hydrogens is 122 g/mol. The Morgan fingerprint density at radius 2 is 2.11 bits per heavy atom. The highest BCUT2D eigenvalue weighted by atomic mass is 16.5. The maximum absolute atomic E-state index is 8.89. The van der Waals surface area contributed by atoms with Crippen molar-refractivity contribution in [3.63, 3.8) is 0 Å². The summed E-state index contributed by atoms with van der Waals surface area (Å²) in [6, 6.07) is 0. The van der Waals surface area contributed by atoms with Gasteiger partial charge in [-0.25, -0.2) is 0 Å². The number of rotatable bonds is 3. The first-order valence-electron chi connectivity index (χ1n) is 2.77. The number of aliphatic hydroxyl groups excluding tert-OH is 2. The van der Waals surface area contributed by atoms with E-state index >= 15 is 0 Å². The monoisotopic (exact) mass is 135 g/mol. The second-order valence-corrected chi connectivity index (χ2v) is 2.36. The normalized spacial score (nSPS) is 21.0. The van der Waals surface area contributed by atoms with Gasteiger partial charge in [0.25, 0.3) is 0 Å². The van der Waals surface area contributed by atoms with Crippen molar-refractivity contribution in [3.05, 3.63) is 0 Å². The molecule has 0 aliphatic carbocycles. The van der Waals surface area contributed by atoms with Gasteiger partial charge in [-0.3, -0.25) is 0 Å². The summed E-state index contributed by atoms with van der Waals surface area (Å²) in [4.78, 5) is 0. The van der Waals surface area contributed by atoms with Crippen LogP contribution in [0.3, 0.4) is 0 Å². The topological polar surface area (TPSA) is 72.7 Å². The summed E-state index contributed by atoms with van der Waals surface area (Å²) >= 11 is 0. The molecule has 56 valence electrons. The van der Waals surface area contributed by atoms with Crippen molar-refractivity contribution < 1.29 is 15.4 Å². The molecule has 0 aromatic heterocycles. The minimum Gasteiger partial charge on any atom is -0.394 e. The molecule has 4 N–H and O–H groups in total. The average Bonchev–Trinajstić information content (AvgIpc) is 1.86. The quantitative estimate of drug-likeness (QED) is 0.378. The van der Waals surface area contributed by atoms with E-state index in [1.165, 1.54) is 13.8 Å². The lowest BCUT2D eigenvalue weighted by Crippen LogP contribution is -2.52. The molecule has 2 atom stereocenters. The first-order valence-corrected chi connectivity index (χ1v) is 2.77. The fraction of sp³-hybridized carbons (Fsp3) is 1.00. The lowest BCUT2D eigenvalue weighted by atomic mass is 9.99. The van der Waals surface area contributed by atoms with E-state index in [0.717, 1.165) is 0 Å². The minimum absolute atomic E-state index is 0.304. The predicted molar refractivity (Wildman–Crippen MR) is 32.1 cm³/mol. The van der Waals surface area contributed by atoms with Crippen LogP contribution in [0.1, 0.15) is 13.8 Å². The fourth-order valence-electron chi connectivity index (χ4n) is 0.261. The summed E-state index contributed by atoms with van der Waals surface area (Å²) in [5.41, 5.74) is 0.828. The molecule has 0 saturated heterocycles. The zero-order valence-electron chi connectivity index (χ0n) is 5.63. The van der Waals surface area contributed by atoms with Crippen molar-refractivity contribution in [1.82, 2.24) is 5.48 Å².